The van der Waals surface area contributed by atoms with E-state index in [4.69, 9.17) is 9.63 Å². The van der Waals surface area contributed by atoms with Crippen molar-refractivity contribution in [1.29, 1.82) is 0 Å². The molecule has 1 aromatic carbocycles. The third kappa shape index (κ3) is 2.48. The Balaban J connectivity index is 2.23. The highest BCUT2D eigenvalue weighted by molar-refractivity contribution is 5.69. The van der Waals surface area contributed by atoms with E-state index in [0.717, 1.165) is 0 Å². The van der Waals surface area contributed by atoms with Crippen LogP contribution in [0.25, 0.3) is 11.4 Å². The molecule has 0 atom stereocenters. The molecule has 0 saturated heterocycles. The zero-order valence-corrected chi connectivity index (χ0v) is 8.94. The van der Waals surface area contributed by atoms with E-state index in [0.29, 0.717) is 5.56 Å². The fourth-order valence-electron chi connectivity index (χ4n) is 1.31. The van der Waals surface area contributed by atoms with E-state index >= 15 is 0 Å². The lowest BCUT2D eigenvalue weighted by Gasteiger charge is -1.93. The van der Waals surface area contributed by atoms with Crippen LogP contribution in [0.4, 0.5) is 5.69 Å². The Morgan fingerprint density at radius 3 is 2.61 bits per heavy atom. The number of benzene rings is 1. The topological polar surface area (TPSA) is 119 Å². The van der Waals surface area contributed by atoms with Gasteiger partial charge in [-0.25, -0.2) is 0 Å². The van der Waals surface area contributed by atoms with Crippen LogP contribution in [0, 0.1) is 10.1 Å². The number of carboxylic acid groups (broad SMARTS) is 1. The van der Waals surface area contributed by atoms with Gasteiger partial charge in [0.15, 0.2) is 0 Å². The average molecular weight is 249 g/mol. The van der Waals surface area contributed by atoms with E-state index < -0.39 is 10.9 Å². The summed E-state index contributed by atoms with van der Waals surface area (Å²) in [7, 11) is 0. The fraction of sp³-hybridized carbons (Fsp3) is 0.100. The zero-order chi connectivity index (χ0) is 13.1. The minimum Gasteiger partial charge on any atom is -0.481 e. The molecule has 8 nitrogen and oxygen atoms in total. The number of carboxylic acids is 1. The number of hydrogen-bond acceptors (Lipinski definition) is 6. The summed E-state index contributed by atoms with van der Waals surface area (Å²) in [5.41, 5.74) is 0.467. The first-order chi connectivity index (χ1) is 8.56. The summed E-state index contributed by atoms with van der Waals surface area (Å²) in [6, 6.07) is 5.55. The predicted molar refractivity (Wildman–Crippen MR) is 57.7 cm³/mol. The van der Waals surface area contributed by atoms with Crippen LogP contribution in [0.15, 0.2) is 28.8 Å². The van der Waals surface area contributed by atoms with Crippen molar-refractivity contribution < 1.29 is 19.3 Å². The lowest BCUT2D eigenvalue weighted by molar-refractivity contribution is -0.384. The molecule has 0 amide bonds. The molecule has 0 spiro atoms. The van der Waals surface area contributed by atoms with Gasteiger partial charge in [0.1, 0.15) is 6.42 Å². The third-order valence-corrected chi connectivity index (χ3v) is 2.11. The second kappa shape index (κ2) is 4.62. The molecule has 0 aliphatic rings. The van der Waals surface area contributed by atoms with Gasteiger partial charge in [-0.2, -0.15) is 4.98 Å². The molecule has 92 valence electrons. The Bertz CT molecular complexity index is 590. The molecule has 0 aliphatic heterocycles. The first-order valence-electron chi connectivity index (χ1n) is 4.85. The first-order valence-corrected chi connectivity index (χ1v) is 4.85. The summed E-state index contributed by atoms with van der Waals surface area (Å²) in [5, 5.41) is 22.6. The molecular formula is C10H7N3O5. The lowest BCUT2D eigenvalue weighted by Crippen LogP contribution is -1.99. The van der Waals surface area contributed by atoms with Crippen LogP contribution >= 0.6 is 0 Å². The molecule has 0 saturated carbocycles. The third-order valence-electron chi connectivity index (χ3n) is 2.11. The largest absolute Gasteiger partial charge is 0.481 e. The van der Waals surface area contributed by atoms with E-state index in [1.807, 2.05) is 0 Å². The van der Waals surface area contributed by atoms with Gasteiger partial charge < -0.3 is 9.63 Å². The monoisotopic (exact) mass is 249 g/mol. The highest BCUT2D eigenvalue weighted by Crippen LogP contribution is 2.19. The minimum absolute atomic E-state index is 0.0177. The number of rotatable bonds is 4. The van der Waals surface area contributed by atoms with Crippen molar-refractivity contribution in [1.82, 2.24) is 10.1 Å². The van der Waals surface area contributed by atoms with Gasteiger partial charge in [-0.1, -0.05) is 5.16 Å². The van der Waals surface area contributed by atoms with E-state index in [2.05, 4.69) is 10.1 Å². The van der Waals surface area contributed by atoms with Crippen molar-refractivity contribution in [2.24, 2.45) is 0 Å². The van der Waals surface area contributed by atoms with E-state index in [1.165, 1.54) is 24.3 Å². The smallest absolute Gasteiger partial charge is 0.312 e. The van der Waals surface area contributed by atoms with Gasteiger partial charge in [0.2, 0.25) is 11.7 Å². The van der Waals surface area contributed by atoms with E-state index in [-0.39, 0.29) is 23.8 Å². The van der Waals surface area contributed by atoms with E-state index in [9.17, 15) is 14.9 Å². The van der Waals surface area contributed by atoms with Crippen molar-refractivity contribution in [3.8, 4) is 11.4 Å². The molecule has 0 fully saturated rings. The summed E-state index contributed by atoms with van der Waals surface area (Å²) in [4.78, 5) is 24.2. The summed E-state index contributed by atoms with van der Waals surface area (Å²) in [6.07, 6.45) is -0.361. The molecule has 0 unspecified atom stereocenters. The molecule has 0 bridgehead atoms. The van der Waals surface area contributed by atoms with Gasteiger partial charge in [-0.3, -0.25) is 14.9 Å². The molecule has 8 heteroatoms. The van der Waals surface area contributed by atoms with Crippen LogP contribution in [0.1, 0.15) is 5.89 Å². The standard InChI is InChI=1S/C10H7N3O5/c14-9(15)5-8-11-10(12-18-8)6-1-3-7(4-2-6)13(16)17/h1-4H,5H2,(H,14,15). The van der Waals surface area contributed by atoms with Gasteiger partial charge in [0, 0.05) is 17.7 Å². The Morgan fingerprint density at radius 2 is 2.06 bits per heavy atom. The number of hydrogen-bond donors (Lipinski definition) is 1. The van der Waals surface area contributed by atoms with Crippen molar-refractivity contribution in [2.75, 3.05) is 0 Å². The molecule has 1 heterocycles. The normalized spacial score (nSPS) is 10.2. The Morgan fingerprint density at radius 1 is 1.39 bits per heavy atom. The van der Waals surface area contributed by atoms with Crippen LogP contribution in [0.3, 0.4) is 0 Å². The highest BCUT2D eigenvalue weighted by Gasteiger charge is 2.12. The van der Waals surface area contributed by atoms with E-state index in [1.54, 1.807) is 0 Å². The van der Waals surface area contributed by atoms with Gasteiger partial charge in [-0.05, 0) is 12.1 Å². The lowest BCUT2D eigenvalue weighted by atomic mass is 10.2. The fourth-order valence-corrected chi connectivity index (χ4v) is 1.31. The Labute approximate surface area is 100 Å². The van der Waals surface area contributed by atoms with Crippen LogP contribution < -0.4 is 0 Å². The number of aliphatic carboxylic acids is 1. The molecule has 18 heavy (non-hydrogen) atoms. The second-order valence-corrected chi connectivity index (χ2v) is 3.39. The van der Waals surface area contributed by atoms with Crippen molar-refractivity contribution in [3.05, 3.63) is 40.3 Å². The first kappa shape index (κ1) is 11.7. The number of nitro groups is 1. The summed E-state index contributed by atoms with van der Waals surface area (Å²) in [6.45, 7) is 0. The maximum atomic E-state index is 10.5. The molecular weight excluding hydrogens is 242 g/mol. The molecule has 2 aromatic rings. The maximum Gasteiger partial charge on any atom is 0.312 e. The number of carbonyl (C=O) groups is 1. The van der Waals surface area contributed by atoms with Crippen LogP contribution in [-0.4, -0.2) is 26.1 Å². The molecule has 1 N–H and O–H groups in total. The van der Waals surface area contributed by atoms with Crippen molar-refractivity contribution in [2.45, 2.75) is 6.42 Å². The number of nitro benzene ring substituents is 1. The number of nitrogens with zero attached hydrogens (tertiary/aromatic N) is 3. The van der Waals surface area contributed by atoms with Gasteiger partial charge >= 0.3 is 5.97 Å². The molecule has 0 aliphatic carbocycles. The average Bonchev–Trinajstić information content (AvgIpc) is 2.76. The van der Waals surface area contributed by atoms with Crippen LogP contribution in [0.5, 0.6) is 0 Å². The summed E-state index contributed by atoms with van der Waals surface area (Å²) in [5.74, 6) is -0.897. The molecule has 2 rings (SSSR count). The second-order valence-electron chi connectivity index (χ2n) is 3.39. The van der Waals surface area contributed by atoms with Crippen molar-refractivity contribution >= 4 is 11.7 Å². The number of non-ortho nitro benzene ring substituents is 1. The molecule has 1 aromatic heterocycles. The predicted octanol–water partition coefficient (Wildman–Crippen LogP) is 1.27. The maximum absolute atomic E-state index is 10.5. The van der Waals surface area contributed by atoms with Crippen LogP contribution in [-0.2, 0) is 11.2 Å². The van der Waals surface area contributed by atoms with Gasteiger partial charge in [0.05, 0.1) is 4.92 Å². The number of aromatic nitrogens is 2. The van der Waals surface area contributed by atoms with Crippen molar-refractivity contribution in [3.63, 3.8) is 0 Å². The SMILES string of the molecule is O=C(O)Cc1nc(-c2ccc([N+](=O)[O-])cc2)no1. The highest BCUT2D eigenvalue weighted by atomic mass is 16.6. The van der Waals surface area contributed by atoms with Crippen LogP contribution in [0.2, 0.25) is 0 Å². The summed E-state index contributed by atoms with van der Waals surface area (Å²) >= 11 is 0. The Kier molecular flexibility index (Phi) is 3.00. The molecule has 0 radical (unpaired) electrons. The zero-order valence-electron chi connectivity index (χ0n) is 8.94. The summed E-state index contributed by atoms with van der Waals surface area (Å²) < 4.78 is 4.73. The Hall–Kier alpha value is -2.77. The minimum atomic E-state index is -1.08. The van der Waals surface area contributed by atoms with Gasteiger partial charge in [-0.15, -0.1) is 0 Å². The quantitative estimate of drug-likeness (QED) is 0.639. The van der Waals surface area contributed by atoms with Gasteiger partial charge in [0.25, 0.3) is 5.69 Å².